The van der Waals surface area contributed by atoms with Gasteiger partial charge in [-0.1, -0.05) is 46.0 Å². The van der Waals surface area contributed by atoms with E-state index in [4.69, 9.17) is 5.73 Å². The molecular weight excluding hydrogens is 208 g/mol. The van der Waals surface area contributed by atoms with Crippen LogP contribution in [0.1, 0.15) is 71.6 Å². The summed E-state index contributed by atoms with van der Waals surface area (Å²) in [6, 6.07) is 1.31. The summed E-state index contributed by atoms with van der Waals surface area (Å²) in [5.41, 5.74) is 5.86. The highest BCUT2D eigenvalue weighted by Crippen LogP contribution is 2.25. The Balaban J connectivity index is 2.07. The molecule has 3 unspecified atom stereocenters. The molecule has 0 bridgehead atoms. The van der Waals surface area contributed by atoms with Crippen LogP contribution in [0.25, 0.3) is 0 Å². The van der Waals surface area contributed by atoms with Gasteiger partial charge in [-0.3, -0.25) is 0 Å². The smallest absolute Gasteiger partial charge is 0.0192 e. The van der Waals surface area contributed by atoms with E-state index in [1.807, 2.05) is 0 Å². The fourth-order valence-electron chi connectivity index (χ4n) is 2.96. The van der Waals surface area contributed by atoms with E-state index in [0.717, 1.165) is 18.5 Å². The van der Waals surface area contributed by atoms with E-state index < -0.39 is 0 Å². The highest BCUT2D eigenvalue weighted by Gasteiger charge is 2.22. The standard InChI is InChI=1S/C15H32N2/c1-3-4-5-6-7-8-15(12-16)17-14-10-9-13(2)11-14/h13-15,17H,3-12,16H2,1-2H3. The maximum Gasteiger partial charge on any atom is 0.0192 e. The summed E-state index contributed by atoms with van der Waals surface area (Å²) in [7, 11) is 0. The van der Waals surface area contributed by atoms with Crippen molar-refractivity contribution in [3.05, 3.63) is 0 Å². The van der Waals surface area contributed by atoms with Crippen LogP contribution >= 0.6 is 0 Å². The van der Waals surface area contributed by atoms with E-state index in [9.17, 15) is 0 Å². The van der Waals surface area contributed by atoms with Gasteiger partial charge in [-0.05, 0) is 31.6 Å². The Hall–Kier alpha value is -0.0800. The number of unbranched alkanes of at least 4 members (excludes halogenated alkanes) is 4. The summed E-state index contributed by atoms with van der Waals surface area (Å²) in [4.78, 5) is 0. The molecule has 0 radical (unpaired) electrons. The second-order valence-corrected chi connectivity index (χ2v) is 5.92. The monoisotopic (exact) mass is 240 g/mol. The van der Waals surface area contributed by atoms with Crippen LogP contribution in [0.5, 0.6) is 0 Å². The molecule has 3 N–H and O–H groups in total. The van der Waals surface area contributed by atoms with Gasteiger partial charge in [0.05, 0.1) is 0 Å². The van der Waals surface area contributed by atoms with Gasteiger partial charge in [0.15, 0.2) is 0 Å². The molecule has 0 heterocycles. The highest BCUT2D eigenvalue weighted by molar-refractivity contribution is 4.82. The Morgan fingerprint density at radius 1 is 1.18 bits per heavy atom. The third kappa shape index (κ3) is 6.42. The molecule has 1 saturated carbocycles. The molecule has 0 aliphatic heterocycles. The second-order valence-electron chi connectivity index (χ2n) is 5.92. The van der Waals surface area contributed by atoms with Gasteiger partial charge in [0.2, 0.25) is 0 Å². The molecule has 2 heteroatoms. The fraction of sp³-hybridized carbons (Fsp3) is 1.00. The molecule has 17 heavy (non-hydrogen) atoms. The first-order chi connectivity index (χ1) is 8.26. The third-order valence-corrected chi connectivity index (χ3v) is 4.11. The average Bonchev–Trinajstić information content (AvgIpc) is 2.73. The Morgan fingerprint density at radius 2 is 1.94 bits per heavy atom. The lowest BCUT2D eigenvalue weighted by atomic mass is 10.0. The van der Waals surface area contributed by atoms with Crippen LogP contribution in [0.4, 0.5) is 0 Å². The first-order valence-corrected chi connectivity index (χ1v) is 7.72. The average molecular weight is 240 g/mol. The van der Waals surface area contributed by atoms with Crippen molar-refractivity contribution in [1.82, 2.24) is 5.32 Å². The van der Waals surface area contributed by atoms with Crippen LogP contribution in [0.15, 0.2) is 0 Å². The van der Waals surface area contributed by atoms with Gasteiger partial charge in [0.25, 0.3) is 0 Å². The summed E-state index contributed by atoms with van der Waals surface area (Å²) in [6.45, 7) is 5.44. The summed E-state index contributed by atoms with van der Waals surface area (Å²) < 4.78 is 0. The van der Waals surface area contributed by atoms with E-state index >= 15 is 0 Å². The molecule has 0 saturated heterocycles. The highest BCUT2D eigenvalue weighted by atomic mass is 15.0. The van der Waals surface area contributed by atoms with Crippen molar-refractivity contribution in [2.75, 3.05) is 6.54 Å². The van der Waals surface area contributed by atoms with Crippen LogP contribution in [-0.4, -0.2) is 18.6 Å². The molecule has 0 aromatic rings. The van der Waals surface area contributed by atoms with Crippen LogP contribution in [0.2, 0.25) is 0 Å². The Bertz CT molecular complexity index is 182. The van der Waals surface area contributed by atoms with Crippen LogP contribution < -0.4 is 11.1 Å². The second kappa shape index (κ2) is 8.93. The minimum absolute atomic E-state index is 0.562. The van der Waals surface area contributed by atoms with E-state index in [-0.39, 0.29) is 0 Å². The molecule has 0 amide bonds. The Morgan fingerprint density at radius 3 is 2.53 bits per heavy atom. The maximum absolute atomic E-state index is 5.86. The van der Waals surface area contributed by atoms with Gasteiger partial charge in [-0.25, -0.2) is 0 Å². The summed E-state index contributed by atoms with van der Waals surface area (Å²) in [5.74, 6) is 0.912. The fourth-order valence-corrected chi connectivity index (χ4v) is 2.96. The number of hydrogen-bond donors (Lipinski definition) is 2. The van der Waals surface area contributed by atoms with E-state index in [2.05, 4.69) is 19.2 Å². The quantitative estimate of drug-likeness (QED) is 0.606. The molecule has 3 atom stereocenters. The summed E-state index contributed by atoms with van der Waals surface area (Å²) in [6.07, 6.45) is 12.2. The molecule has 2 nitrogen and oxygen atoms in total. The van der Waals surface area contributed by atoms with Crippen molar-refractivity contribution < 1.29 is 0 Å². The molecule has 1 rings (SSSR count). The molecule has 0 aromatic carbocycles. The number of hydrogen-bond acceptors (Lipinski definition) is 2. The summed E-state index contributed by atoms with van der Waals surface area (Å²) in [5, 5.41) is 3.76. The van der Waals surface area contributed by atoms with Crippen molar-refractivity contribution in [2.45, 2.75) is 83.7 Å². The normalized spacial score (nSPS) is 26.3. The van der Waals surface area contributed by atoms with Crippen molar-refractivity contribution >= 4 is 0 Å². The molecule has 1 aliphatic carbocycles. The lowest BCUT2D eigenvalue weighted by Crippen LogP contribution is -2.41. The predicted molar refractivity (Wildman–Crippen MR) is 76.2 cm³/mol. The largest absolute Gasteiger partial charge is 0.329 e. The zero-order chi connectivity index (χ0) is 12.5. The maximum atomic E-state index is 5.86. The Kier molecular flexibility index (Phi) is 7.87. The van der Waals surface area contributed by atoms with Crippen LogP contribution in [0, 0.1) is 5.92 Å². The van der Waals surface area contributed by atoms with Crippen LogP contribution in [-0.2, 0) is 0 Å². The van der Waals surface area contributed by atoms with Crippen LogP contribution in [0.3, 0.4) is 0 Å². The number of nitrogens with one attached hydrogen (secondary N) is 1. The van der Waals surface area contributed by atoms with Gasteiger partial charge >= 0.3 is 0 Å². The predicted octanol–water partition coefficient (Wildman–Crippen LogP) is 3.45. The van der Waals surface area contributed by atoms with Gasteiger partial charge in [0.1, 0.15) is 0 Å². The van der Waals surface area contributed by atoms with Gasteiger partial charge in [-0.2, -0.15) is 0 Å². The minimum Gasteiger partial charge on any atom is -0.329 e. The lowest BCUT2D eigenvalue weighted by Gasteiger charge is -2.21. The number of rotatable bonds is 9. The van der Waals surface area contributed by atoms with E-state index in [1.54, 1.807) is 0 Å². The van der Waals surface area contributed by atoms with E-state index in [1.165, 1.54) is 57.8 Å². The SMILES string of the molecule is CCCCCCCC(CN)NC1CCC(C)C1. The van der Waals surface area contributed by atoms with Gasteiger partial charge in [-0.15, -0.1) is 0 Å². The molecule has 0 aromatic heterocycles. The molecule has 0 spiro atoms. The van der Waals surface area contributed by atoms with Crippen molar-refractivity contribution in [3.63, 3.8) is 0 Å². The molecule has 1 aliphatic rings. The number of nitrogens with two attached hydrogens (primary N) is 1. The van der Waals surface area contributed by atoms with E-state index in [0.29, 0.717) is 6.04 Å². The van der Waals surface area contributed by atoms with Crippen molar-refractivity contribution in [3.8, 4) is 0 Å². The molecular formula is C15H32N2. The zero-order valence-corrected chi connectivity index (χ0v) is 11.9. The first-order valence-electron chi connectivity index (χ1n) is 7.72. The van der Waals surface area contributed by atoms with Gasteiger partial charge in [0, 0.05) is 18.6 Å². The Labute approximate surface area is 108 Å². The molecule has 102 valence electrons. The topological polar surface area (TPSA) is 38.0 Å². The summed E-state index contributed by atoms with van der Waals surface area (Å²) >= 11 is 0. The van der Waals surface area contributed by atoms with Crippen molar-refractivity contribution in [1.29, 1.82) is 0 Å². The molecule has 1 fully saturated rings. The van der Waals surface area contributed by atoms with Crippen molar-refractivity contribution in [2.24, 2.45) is 11.7 Å². The lowest BCUT2D eigenvalue weighted by molar-refractivity contribution is 0.395. The zero-order valence-electron chi connectivity index (χ0n) is 11.9. The van der Waals surface area contributed by atoms with Gasteiger partial charge < -0.3 is 11.1 Å². The first kappa shape index (κ1) is 15.0. The third-order valence-electron chi connectivity index (χ3n) is 4.11. The minimum atomic E-state index is 0.562.